The van der Waals surface area contributed by atoms with E-state index in [1.54, 1.807) is 0 Å². The fraction of sp³-hybridized carbons (Fsp3) is 0.676. The predicted octanol–water partition coefficient (Wildman–Crippen LogP) is 12.2. The van der Waals surface area contributed by atoms with Gasteiger partial charge in [-0.1, -0.05) is 84.5 Å². The Hall–Kier alpha value is -2.31. The van der Waals surface area contributed by atoms with Crippen LogP contribution in [0, 0.1) is 42.1 Å². The molecule has 0 aliphatic heterocycles. The van der Waals surface area contributed by atoms with Crippen molar-refractivity contribution in [3.8, 4) is 11.5 Å². The molecule has 0 heterocycles. The fourth-order valence-corrected chi connectivity index (χ4v) is 7.25. The maximum Gasteiger partial charge on any atom is 0.427 e. The molecule has 2 aliphatic carbocycles. The van der Waals surface area contributed by atoms with Crippen molar-refractivity contribution in [1.82, 2.24) is 0 Å². The number of rotatable bonds is 15. The molecule has 4 rings (SSSR count). The predicted molar refractivity (Wildman–Crippen MR) is 166 cm³/mol. The van der Waals surface area contributed by atoms with E-state index in [2.05, 4.69) is 11.7 Å². The Labute approximate surface area is 261 Å². The van der Waals surface area contributed by atoms with Crippen LogP contribution in [-0.4, -0.2) is 6.61 Å². The first kappa shape index (κ1) is 34.6. The van der Waals surface area contributed by atoms with Crippen molar-refractivity contribution in [1.29, 1.82) is 0 Å². The summed E-state index contributed by atoms with van der Waals surface area (Å²) in [5.74, 6) is -2.26. The third kappa shape index (κ3) is 9.36. The van der Waals surface area contributed by atoms with Crippen LogP contribution in [0.25, 0.3) is 0 Å². The summed E-state index contributed by atoms with van der Waals surface area (Å²) in [5, 5.41) is 0. The molecule has 2 nitrogen and oxygen atoms in total. The zero-order valence-corrected chi connectivity index (χ0v) is 26.8. The largest absolute Gasteiger partial charge is 0.491 e. The Morgan fingerprint density at radius 1 is 0.682 bits per heavy atom. The minimum absolute atomic E-state index is 0.00724. The molecule has 44 heavy (non-hydrogen) atoms. The summed E-state index contributed by atoms with van der Waals surface area (Å²) in [7, 11) is 0. The molecule has 0 N–H and O–H groups in total. The molecule has 0 bridgehead atoms. The van der Waals surface area contributed by atoms with Crippen LogP contribution in [0.1, 0.15) is 139 Å². The van der Waals surface area contributed by atoms with E-state index >= 15 is 17.6 Å². The van der Waals surface area contributed by atoms with Crippen LogP contribution < -0.4 is 9.47 Å². The van der Waals surface area contributed by atoms with Crippen LogP contribution in [0.3, 0.4) is 0 Å². The molecule has 2 aromatic carbocycles. The first-order valence-electron chi connectivity index (χ1n) is 17.1. The van der Waals surface area contributed by atoms with Crippen LogP contribution in [0.4, 0.5) is 22.0 Å². The summed E-state index contributed by atoms with van der Waals surface area (Å²) in [6.45, 7) is 5.81. The Morgan fingerprint density at radius 3 is 1.80 bits per heavy atom. The van der Waals surface area contributed by atoms with Gasteiger partial charge in [0.1, 0.15) is 0 Å². The van der Waals surface area contributed by atoms with E-state index in [1.807, 2.05) is 6.92 Å². The number of halogens is 5. The summed E-state index contributed by atoms with van der Waals surface area (Å²) in [6.07, 6.45) is 14.4. The monoisotopic (exact) mass is 622 g/mol. The van der Waals surface area contributed by atoms with Crippen LogP contribution in [0.15, 0.2) is 24.3 Å². The van der Waals surface area contributed by atoms with Gasteiger partial charge in [0, 0.05) is 0 Å². The lowest BCUT2D eigenvalue weighted by Crippen LogP contribution is -2.25. The third-order valence-corrected chi connectivity index (χ3v) is 10.1. The van der Waals surface area contributed by atoms with Crippen molar-refractivity contribution in [2.24, 2.45) is 17.8 Å². The number of hydrogen-bond donors (Lipinski definition) is 0. The van der Waals surface area contributed by atoms with Gasteiger partial charge >= 0.3 is 6.11 Å². The first-order chi connectivity index (χ1) is 21.1. The van der Waals surface area contributed by atoms with Gasteiger partial charge in [-0.25, -0.2) is 13.2 Å². The van der Waals surface area contributed by atoms with E-state index in [0.717, 1.165) is 62.1 Å². The Morgan fingerprint density at radius 2 is 1.23 bits per heavy atom. The minimum Gasteiger partial charge on any atom is -0.491 e. The van der Waals surface area contributed by atoms with Gasteiger partial charge in [0.25, 0.3) is 0 Å². The Balaban J connectivity index is 1.29. The van der Waals surface area contributed by atoms with Gasteiger partial charge in [-0.2, -0.15) is 8.78 Å². The molecular weight excluding hydrogens is 571 g/mol. The average molecular weight is 623 g/mol. The second kappa shape index (κ2) is 16.3. The van der Waals surface area contributed by atoms with E-state index in [-0.39, 0.29) is 23.8 Å². The van der Waals surface area contributed by atoms with E-state index in [1.165, 1.54) is 71.1 Å². The molecule has 7 heteroatoms. The number of ether oxygens (including phenoxy) is 2. The molecule has 0 unspecified atom stereocenters. The van der Waals surface area contributed by atoms with Gasteiger partial charge < -0.3 is 9.47 Å². The molecule has 0 radical (unpaired) electrons. The average Bonchev–Trinajstić information content (AvgIpc) is 3.00. The highest BCUT2D eigenvalue weighted by Crippen LogP contribution is 2.43. The van der Waals surface area contributed by atoms with E-state index in [4.69, 9.17) is 4.74 Å². The first-order valence-corrected chi connectivity index (χ1v) is 17.1. The van der Waals surface area contributed by atoms with Crippen LogP contribution in [-0.2, 0) is 6.11 Å². The fourth-order valence-electron chi connectivity index (χ4n) is 7.25. The van der Waals surface area contributed by atoms with Crippen molar-refractivity contribution in [3.63, 3.8) is 0 Å². The third-order valence-electron chi connectivity index (χ3n) is 10.1. The number of hydrogen-bond acceptors (Lipinski definition) is 2. The molecule has 2 aromatic rings. The van der Waals surface area contributed by atoms with E-state index in [9.17, 15) is 4.39 Å². The highest BCUT2D eigenvalue weighted by molar-refractivity contribution is 5.39. The number of alkyl halides is 2. The number of benzene rings is 2. The SMILES string of the molecule is CCCCCC1CCC(CCC2CCC(c3cc(F)c(OC(F)(F)c4cc(F)c(OCCCC)cc4C)c(F)c3)CC2)CC1. The molecule has 0 atom stereocenters. The standard InChI is InChI=1S/C37H51F5O2/c1-4-6-8-9-26-10-12-27(13-11-26)14-15-28-16-18-29(19-17-28)30-22-33(39)36(34(40)23-30)44-37(41,42)31-24-32(38)35(21-25(31)3)43-20-7-5-2/h21-24,26-29H,4-20H2,1-3H3. The van der Waals surface area contributed by atoms with Crippen molar-refractivity contribution in [3.05, 3.63) is 58.4 Å². The molecule has 2 saturated carbocycles. The highest BCUT2D eigenvalue weighted by Gasteiger charge is 2.39. The zero-order chi connectivity index (χ0) is 31.7. The van der Waals surface area contributed by atoms with Crippen molar-refractivity contribution >= 4 is 0 Å². The van der Waals surface area contributed by atoms with Crippen molar-refractivity contribution < 1.29 is 31.4 Å². The summed E-state index contributed by atoms with van der Waals surface area (Å²) < 4.78 is 84.8. The van der Waals surface area contributed by atoms with Gasteiger partial charge in [0.15, 0.2) is 29.0 Å². The molecular formula is C37H51F5O2. The second-order valence-corrected chi connectivity index (χ2v) is 13.4. The lowest BCUT2D eigenvalue weighted by molar-refractivity contribution is -0.189. The zero-order valence-electron chi connectivity index (χ0n) is 26.8. The highest BCUT2D eigenvalue weighted by atomic mass is 19.3. The normalized spacial score (nSPS) is 22.6. The van der Waals surface area contributed by atoms with Gasteiger partial charge in [-0.3, -0.25) is 0 Å². The molecule has 2 aliphatic rings. The topological polar surface area (TPSA) is 18.5 Å². The van der Waals surface area contributed by atoms with Crippen LogP contribution in [0.2, 0.25) is 0 Å². The lowest BCUT2D eigenvalue weighted by Gasteiger charge is -2.32. The van der Waals surface area contributed by atoms with Gasteiger partial charge in [0.05, 0.1) is 12.2 Å². The van der Waals surface area contributed by atoms with Gasteiger partial charge in [0.2, 0.25) is 0 Å². The van der Waals surface area contributed by atoms with Crippen LogP contribution >= 0.6 is 0 Å². The maximum absolute atomic E-state index is 15.1. The summed E-state index contributed by atoms with van der Waals surface area (Å²) >= 11 is 0. The molecule has 2 fully saturated rings. The van der Waals surface area contributed by atoms with E-state index < -0.39 is 34.9 Å². The summed E-state index contributed by atoms with van der Waals surface area (Å²) in [6, 6.07) is 4.01. The quantitative estimate of drug-likeness (QED) is 0.145. The van der Waals surface area contributed by atoms with Crippen LogP contribution in [0.5, 0.6) is 11.5 Å². The minimum atomic E-state index is -4.15. The summed E-state index contributed by atoms with van der Waals surface area (Å²) in [5.41, 5.74) is -0.336. The number of aryl methyl sites for hydroxylation is 1. The summed E-state index contributed by atoms with van der Waals surface area (Å²) in [4.78, 5) is 0. The Kier molecular flexibility index (Phi) is 12.8. The molecule has 0 aromatic heterocycles. The van der Waals surface area contributed by atoms with Gasteiger partial charge in [-0.15, -0.1) is 0 Å². The molecule has 0 spiro atoms. The van der Waals surface area contributed by atoms with Gasteiger partial charge in [-0.05, 0) is 98.1 Å². The van der Waals surface area contributed by atoms with Crippen molar-refractivity contribution in [2.75, 3.05) is 6.61 Å². The molecule has 0 amide bonds. The number of unbranched alkanes of at least 4 members (excludes halogenated alkanes) is 3. The molecule has 0 saturated heterocycles. The van der Waals surface area contributed by atoms with Crippen molar-refractivity contribution in [2.45, 2.75) is 136 Å². The second-order valence-electron chi connectivity index (χ2n) is 13.4. The Bertz CT molecular complexity index is 1160. The maximum atomic E-state index is 15.1. The molecule has 246 valence electrons. The smallest absolute Gasteiger partial charge is 0.427 e. The van der Waals surface area contributed by atoms with E-state index in [0.29, 0.717) is 24.0 Å². The lowest BCUT2D eigenvalue weighted by atomic mass is 9.74.